The van der Waals surface area contributed by atoms with Gasteiger partial charge < -0.3 is 14.7 Å². The van der Waals surface area contributed by atoms with E-state index in [0.29, 0.717) is 0 Å². The molecule has 1 aliphatic heterocycles. The molecule has 3 heteroatoms. The van der Waals surface area contributed by atoms with E-state index in [4.69, 9.17) is 4.74 Å². The van der Waals surface area contributed by atoms with Crippen LogP contribution in [0.1, 0.15) is 30.6 Å². The number of hydrogen-bond donors (Lipinski definition) is 1. The molecule has 1 aliphatic rings. The predicted octanol–water partition coefficient (Wildman–Crippen LogP) is 3.83. The molecule has 1 unspecified atom stereocenters. The van der Waals surface area contributed by atoms with Gasteiger partial charge in [-0.1, -0.05) is 24.3 Å². The van der Waals surface area contributed by atoms with Gasteiger partial charge in [0.2, 0.25) is 0 Å². The summed E-state index contributed by atoms with van der Waals surface area (Å²) in [6.45, 7) is 2.75. The van der Waals surface area contributed by atoms with Crippen molar-refractivity contribution in [1.82, 2.24) is 0 Å². The molecule has 110 valence electrons. The zero-order chi connectivity index (χ0) is 14.8. The van der Waals surface area contributed by atoms with Gasteiger partial charge >= 0.3 is 0 Å². The fraction of sp³-hybridized carbons (Fsp3) is 0.333. The van der Waals surface area contributed by atoms with Crippen LogP contribution in [0, 0.1) is 0 Å². The van der Waals surface area contributed by atoms with Crippen LogP contribution in [-0.2, 0) is 6.42 Å². The number of para-hydroxylation sites is 1. The van der Waals surface area contributed by atoms with E-state index >= 15 is 0 Å². The van der Waals surface area contributed by atoms with E-state index in [1.165, 1.54) is 11.3 Å². The average molecular weight is 283 g/mol. The second-order valence-electron chi connectivity index (χ2n) is 5.45. The van der Waals surface area contributed by atoms with Crippen LogP contribution in [0.4, 0.5) is 11.4 Å². The van der Waals surface area contributed by atoms with Crippen LogP contribution < -0.4 is 9.64 Å². The molecule has 0 radical (unpaired) electrons. The molecular weight excluding hydrogens is 262 g/mol. The molecule has 0 aromatic heterocycles. The van der Waals surface area contributed by atoms with Crippen molar-refractivity contribution in [3.05, 3.63) is 53.6 Å². The maximum absolute atomic E-state index is 10.2. The van der Waals surface area contributed by atoms with Crippen LogP contribution >= 0.6 is 0 Å². The topological polar surface area (TPSA) is 32.7 Å². The van der Waals surface area contributed by atoms with E-state index in [1.54, 1.807) is 14.0 Å². The second kappa shape index (κ2) is 5.78. The van der Waals surface area contributed by atoms with Crippen molar-refractivity contribution < 1.29 is 9.84 Å². The third kappa shape index (κ3) is 2.49. The minimum Gasteiger partial charge on any atom is -0.496 e. The first-order valence-corrected chi connectivity index (χ1v) is 7.42. The van der Waals surface area contributed by atoms with E-state index in [-0.39, 0.29) is 0 Å². The molecule has 0 saturated heterocycles. The molecule has 0 amide bonds. The van der Waals surface area contributed by atoms with E-state index in [2.05, 4.69) is 35.2 Å². The Morgan fingerprint density at radius 3 is 2.62 bits per heavy atom. The van der Waals surface area contributed by atoms with Crippen molar-refractivity contribution >= 4 is 11.4 Å². The molecule has 3 rings (SSSR count). The highest BCUT2D eigenvalue weighted by atomic mass is 16.5. The van der Waals surface area contributed by atoms with Gasteiger partial charge in [0, 0.05) is 17.8 Å². The van der Waals surface area contributed by atoms with Gasteiger partial charge in [-0.05, 0) is 43.5 Å². The number of hydrogen-bond acceptors (Lipinski definition) is 3. The van der Waals surface area contributed by atoms with Crippen molar-refractivity contribution in [2.45, 2.75) is 25.9 Å². The number of aryl methyl sites for hydroxylation is 1. The van der Waals surface area contributed by atoms with Gasteiger partial charge in [0.1, 0.15) is 5.75 Å². The minimum absolute atomic E-state index is 0.565. The Kier molecular flexibility index (Phi) is 3.84. The Morgan fingerprint density at radius 2 is 1.86 bits per heavy atom. The number of aliphatic hydroxyl groups excluding tert-OH is 1. The van der Waals surface area contributed by atoms with Crippen molar-refractivity contribution in [2.24, 2.45) is 0 Å². The molecule has 1 N–H and O–H groups in total. The van der Waals surface area contributed by atoms with E-state index in [1.807, 2.05) is 12.1 Å². The molecule has 1 atom stereocenters. The quantitative estimate of drug-likeness (QED) is 0.929. The van der Waals surface area contributed by atoms with Gasteiger partial charge in [-0.3, -0.25) is 0 Å². The summed E-state index contributed by atoms with van der Waals surface area (Å²) in [4.78, 5) is 2.30. The van der Waals surface area contributed by atoms with Crippen LogP contribution in [0.25, 0.3) is 0 Å². The Morgan fingerprint density at radius 1 is 1.10 bits per heavy atom. The Hall–Kier alpha value is -2.00. The standard InChI is InChI=1S/C18H21NO2/c1-13(20)18-16(10-5-11-17(18)21-2)19-12-6-8-14-7-3-4-9-15(14)19/h3-5,7,9-11,13,20H,6,8,12H2,1-2H3. The van der Waals surface area contributed by atoms with E-state index < -0.39 is 6.10 Å². The van der Waals surface area contributed by atoms with Gasteiger partial charge in [0.05, 0.1) is 18.9 Å². The largest absolute Gasteiger partial charge is 0.496 e. The van der Waals surface area contributed by atoms with E-state index in [0.717, 1.165) is 36.4 Å². The Labute approximate surface area is 125 Å². The molecule has 0 aliphatic carbocycles. The molecule has 0 spiro atoms. The smallest absolute Gasteiger partial charge is 0.126 e. The second-order valence-corrected chi connectivity index (χ2v) is 5.45. The molecule has 21 heavy (non-hydrogen) atoms. The van der Waals surface area contributed by atoms with Crippen molar-refractivity contribution in [2.75, 3.05) is 18.6 Å². The maximum Gasteiger partial charge on any atom is 0.126 e. The van der Waals surface area contributed by atoms with Crippen LogP contribution in [-0.4, -0.2) is 18.8 Å². The lowest BCUT2D eigenvalue weighted by molar-refractivity contribution is 0.195. The summed E-state index contributed by atoms with van der Waals surface area (Å²) >= 11 is 0. The number of fused-ring (bicyclic) bond motifs is 1. The first kappa shape index (κ1) is 14.0. The lowest BCUT2D eigenvalue weighted by atomic mass is 9.98. The number of anilines is 2. The van der Waals surface area contributed by atoms with Gasteiger partial charge in [0.15, 0.2) is 0 Å². The molecule has 2 aromatic carbocycles. The predicted molar refractivity (Wildman–Crippen MR) is 85.4 cm³/mol. The molecule has 0 fully saturated rings. The fourth-order valence-corrected chi connectivity index (χ4v) is 3.15. The minimum atomic E-state index is -0.565. The fourth-order valence-electron chi connectivity index (χ4n) is 3.15. The zero-order valence-electron chi connectivity index (χ0n) is 12.5. The Balaban J connectivity index is 2.14. The van der Waals surface area contributed by atoms with Gasteiger partial charge in [0.25, 0.3) is 0 Å². The number of nitrogens with zero attached hydrogens (tertiary/aromatic N) is 1. The summed E-state index contributed by atoms with van der Waals surface area (Å²) in [7, 11) is 1.65. The third-order valence-corrected chi connectivity index (χ3v) is 4.08. The first-order valence-electron chi connectivity index (χ1n) is 7.42. The summed E-state index contributed by atoms with van der Waals surface area (Å²) in [5.41, 5.74) is 4.50. The number of benzene rings is 2. The van der Waals surface area contributed by atoms with Crippen LogP contribution in [0.5, 0.6) is 5.75 Å². The maximum atomic E-state index is 10.2. The Bertz CT molecular complexity index is 637. The summed E-state index contributed by atoms with van der Waals surface area (Å²) in [6, 6.07) is 14.4. The summed E-state index contributed by atoms with van der Waals surface area (Å²) in [5, 5.41) is 10.2. The van der Waals surface area contributed by atoms with Crippen LogP contribution in [0.15, 0.2) is 42.5 Å². The highest BCUT2D eigenvalue weighted by Gasteiger charge is 2.23. The molecule has 0 bridgehead atoms. The molecular formula is C18H21NO2. The normalized spacial score (nSPS) is 15.5. The SMILES string of the molecule is COc1cccc(N2CCCc3ccccc32)c1C(C)O. The molecule has 1 heterocycles. The van der Waals surface area contributed by atoms with Crippen LogP contribution in [0.3, 0.4) is 0 Å². The highest BCUT2D eigenvalue weighted by Crippen LogP contribution is 2.40. The van der Waals surface area contributed by atoms with Gasteiger partial charge in [-0.25, -0.2) is 0 Å². The average Bonchev–Trinajstić information content (AvgIpc) is 2.53. The number of methoxy groups -OCH3 is 1. The first-order chi connectivity index (χ1) is 10.2. The number of ether oxygens (including phenoxy) is 1. The highest BCUT2D eigenvalue weighted by molar-refractivity contribution is 5.72. The zero-order valence-corrected chi connectivity index (χ0v) is 12.5. The number of rotatable bonds is 3. The van der Waals surface area contributed by atoms with Crippen molar-refractivity contribution in [3.8, 4) is 5.75 Å². The lowest BCUT2D eigenvalue weighted by Crippen LogP contribution is -2.25. The third-order valence-electron chi connectivity index (χ3n) is 4.08. The molecule has 3 nitrogen and oxygen atoms in total. The molecule has 0 saturated carbocycles. The van der Waals surface area contributed by atoms with Crippen LogP contribution in [0.2, 0.25) is 0 Å². The lowest BCUT2D eigenvalue weighted by Gasteiger charge is -2.33. The van der Waals surface area contributed by atoms with Crippen molar-refractivity contribution in [1.29, 1.82) is 0 Å². The summed E-state index contributed by atoms with van der Waals surface area (Å²) < 4.78 is 5.44. The van der Waals surface area contributed by atoms with Gasteiger partial charge in [-0.2, -0.15) is 0 Å². The summed E-state index contributed by atoms with van der Waals surface area (Å²) in [5.74, 6) is 0.741. The number of aliphatic hydroxyl groups is 1. The molecule has 2 aromatic rings. The monoisotopic (exact) mass is 283 g/mol. The van der Waals surface area contributed by atoms with E-state index in [9.17, 15) is 5.11 Å². The van der Waals surface area contributed by atoms with Crippen molar-refractivity contribution in [3.63, 3.8) is 0 Å². The van der Waals surface area contributed by atoms with Gasteiger partial charge in [-0.15, -0.1) is 0 Å². The summed E-state index contributed by atoms with van der Waals surface area (Å²) in [6.07, 6.45) is 1.67.